The smallest absolute Gasteiger partial charge is 0.338 e. The molecule has 17 aromatic rings. The van der Waals surface area contributed by atoms with Crippen molar-refractivity contribution in [3.8, 4) is 84.9 Å². The number of ether oxygens (including phenoxy) is 2. The van der Waals surface area contributed by atoms with Crippen LogP contribution in [0.25, 0.3) is 107 Å². The predicted octanol–water partition coefficient (Wildman–Crippen LogP) is 20.2. The minimum absolute atomic E-state index is 0.0546. The fourth-order valence-corrected chi connectivity index (χ4v) is 15.2. The van der Waals surface area contributed by atoms with Gasteiger partial charge in [0.15, 0.2) is 23.3 Å². The highest BCUT2D eigenvalue weighted by atomic mass is 16.5. The average Bonchev–Trinajstić information content (AvgIpc) is 1.03. The average molecular weight is 1390 g/mol. The number of para-hydroxylation sites is 4. The van der Waals surface area contributed by atoms with Crippen molar-refractivity contribution < 1.29 is 19.1 Å². The van der Waals surface area contributed by atoms with Gasteiger partial charge in [-0.2, -0.15) is 0 Å². The minimum atomic E-state index is -0.493. The highest BCUT2D eigenvalue weighted by Crippen LogP contribution is 2.47. The van der Waals surface area contributed by atoms with Crippen LogP contribution in [-0.4, -0.2) is 48.1 Å². The molecule has 0 aliphatic carbocycles. The Bertz CT molecular complexity index is 6030. The first-order valence-corrected chi connectivity index (χ1v) is 36.0. The number of carbonyl (C=O) groups is 2. The van der Waals surface area contributed by atoms with Gasteiger partial charge in [-0.25, -0.2) is 34.5 Å². The third kappa shape index (κ3) is 12.0. The van der Waals surface area contributed by atoms with Gasteiger partial charge in [0.1, 0.15) is 13.2 Å². The van der Waals surface area contributed by atoms with Gasteiger partial charge in [-0.05, 0) is 154 Å². The van der Waals surface area contributed by atoms with Crippen LogP contribution in [0.2, 0.25) is 0 Å². The summed E-state index contributed by atoms with van der Waals surface area (Å²) in [7, 11) is 0. The standard InChI is InChI=1S/C95H63BN8O4/c105-94(107-60-62-27-8-1-9-28-62)70-48-51-82-75(55-70)76-56-71(95(106)108-61-63-29-10-2-11-30-63)49-52-83(76)104(82)84-50-47-69(93-100-90(65-33-14-4-15-34-65)99-91(101-93)66-35-16-5-17-36-66)54-77(84)81-59-80(64-31-12-3-13-32-64)97-92(98-81)68-38-26-37-67(53-68)72-57-87-89-88(58-72)103(74-41-20-7-21-42-74)86-46-25-23-44-79(86)96(89)78-43-22-24-45-85(78)102(87)73-39-18-6-19-40-73/h1-59H,60-61H2. The first-order chi connectivity index (χ1) is 53.4. The van der Waals surface area contributed by atoms with E-state index in [1.165, 1.54) is 16.4 Å². The monoisotopic (exact) mass is 1390 g/mol. The molecule has 0 saturated heterocycles. The van der Waals surface area contributed by atoms with Crippen LogP contribution in [0.4, 0.5) is 34.1 Å². The Hall–Kier alpha value is -14.4. The number of nitrogens with zero attached hydrogens (tertiary/aromatic N) is 8. The maximum absolute atomic E-state index is 14.3. The number of hydrogen-bond donors (Lipinski definition) is 0. The molecular weight excluding hydrogens is 1330 g/mol. The van der Waals surface area contributed by atoms with E-state index in [-0.39, 0.29) is 19.9 Å². The Morgan fingerprint density at radius 2 is 0.704 bits per heavy atom. The molecule has 2 aliphatic rings. The van der Waals surface area contributed by atoms with Crippen LogP contribution in [-0.2, 0) is 22.7 Å². The SMILES string of the molecule is O=C(OCc1ccccc1)c1ccc2c(c1)c1cc(C(=O)OCc3ccccc3)ccc1n2-c1ccc(-c2nc(-c3ccccc3)nc(-c3ccccc3)n2)cc1-c1cc(-c2ccccc2)nc(-c2cccc(-c3cc4c5c(c3)N(c3ccccc3)c3ccccc3B5c3ccccc3N4c3ccccc3)c2)n1. The van der Waals surface area contributed by atoms with E-state index < -0.39 is 11.9 Å². The Kier molecular flexibility index (Phi) is 16.5. The van der Waals surface area contributed by atoms with Gasteiger partial charge in [0.2, 0.25) is 0 Å². The zero-order chi connectivity index (χ0) is 72.0. The summed E-state index contributed by atoms with van der Waals surface area (Å²) in [6, 6.07) is 121. The van der Waals surface area contributed by atoms with Crippen molar-refractivity contribution >= 4 is 91.0 Å². The van der Waals surface area contributed by atoms with E-state index >= 15 is 0 Å². The molecule has 0 amide bonds. The number of carbonyl (C=O) groups excluding carboxylic acids is 2. The molecule has 0 saturated carbocycles. The van der Waals surface area contributed by atoms with E-state index in [9.17, 15) is 9.59 Å². The molecule has 12 nitrogen and oxygen atoms in total. The molecule has 0 atom stereocenters. The lowest BCUT2D eigenvalue weighted by atomic mass is 9.33. The normalized spacial score (nSPS) is 12.0. The molecule has 0 fully saturated rings. The Morgan fingerprint density at radius 3 is 1.21 bits per heavy atom. The van der Waals surface area contributed by atoms with Crippen molar-refractivity contribution in [3.05, 3.63) is 380 Å². The van der Waals surface area contributed by atoms with Gasteiger partial charge < -0.3 is 23.8 Å². The Morgan fingerprint density at radius 1 is 0.296 bits per heavy atom. The molecule has 108 heavy (non-hydrogen) atoms. The van der Waals surface area contributed by atoms with Gasteiger partial charge in [-0.1, -0.05) is 243 Å². The molecule has 0 radical (unpaired) electrons. The topological polar surface area (TPSA) is 128 Å². The van der Waals surface area contributed by atoms with E-state index in [4.69, 9.17) is 34.4 Å². The quantitative estimate of drug-likeness (QED) is 0.0677. The summed E-state index contributed by atoms with van der Waals surface area (Å²) in [4.78, 5) is 60.4. The second-order valence-corrected chi connectivity index (χ2v) is 26.9. The molecule has 5 heterocycles. The molecule has 0 bridgehead atoms. The van der Waals surface area contributed by atoms with Crippen molar-refractivity contribution in [2.75, 3.05) is 9.80 Å². The summed E-state index contributed by atoms with van der Waals surface area (Å²) in [5.41, 5.74) is 22.9. The van der Waals surface area contributed by atoms with Crippen LogP contribution in [0.15, 0.2) is 358 Å². The maximum Gasteiger partial charge on any atom is 0.338 e. The largest absolute Gasteiger partial charge is 0.457 e. The highest BCUT2D eigenvalue weighted by molar-refractivity contribution is 7.00. The van der Waals surface area contributed by atoms with Gasteiger partial charge >= 0.3 is 11.9 Å². The van der Waals surface area contributed by atoms with Crippen LogP contribution in [0.3, 0.4) is 0 Å². The molecule has 0 N–H and O–H groups in total. The van der Waals surface area contributed by atoms with Gasteiger partial charge in [0.05, 0.1) is 39.2 Å². The Balaban J connectivity index is 0.824. The molecule has 3 aromatic heterocycles. The van der Waals surface area contributed by atoms with Gasteiger partial charge in [-0.3, -0.25) is 0 Å². The molecule has 510 valence electrons. The van der Waals surface area contributed by atoms with Gasteiger partial charge in [0.25, 0.3) is 6.71 Å². The maximum atomic E-state index is 14.3. The molecule has 13 heteroatoms. The van der Waals surface area contributed by atoms with E-state index in [0.717, 1.165) is 95.4 Å². The second kappa shape index (κ2) is 27.6. The summed E-state index contributed by atoms with van der Waals surface area (Å²) in [5.74, 6) is 0.969. The fourth-order valence-electron chi connectivity index (χ4n) is 15.2. The van der Waals surface area contributed by atoms with E-state index in [2.05, 4.69) is 190 Å². The van der Waals surface area contributed by atoms with Crippen molar-refractivity contribution in [1.82, 2.24) is 29.5 Å². The number of rotatable bonds is 16. The zero-order valence-electron chi connectivity index (χ0n) is 58.3. The first-order valence-electron chi connectivity index (χ1n) is 36.0. The minimum Gasteiger partial charge on any atom is -0.457 e. The van der Waals surface area contributed by atoms with Crippen molar-refractivity contribution in [2.24, 2.45) is 0 Å². The number of anilines is 6. The van der Waals surface area contributed by atoms with E-state index in [0.29, 0.717) is 67.7 Å². The zero-order valence-corrected chi connectivity index (χ0v) is 58.3. The number of hydrogen-bond acceptors (Lipinski definition) is 11. The second-order valence-electron chi connectivity index (χ2n) is 26.9. The summed E-state index contributed by atoms with van der Waals surface area (Å²) in [5, 5.41) is 1.40. The first kappa shape index (κ1) is 64.4. The molecule has 0 spiro atoms. The Labute approximate surface area is 623 Å². The number of fused-ring (bicyclic) bond motifs is 7. The molecule has 19 rings (SSSR count). The van der Waals surface area contributed by atoms with Crippen LogP contribution < -0.4 is 26.2 Å². The molecular formula is C95H63BN8O4. The fraction of sp³-hybridized carbons (Fsp3) is 0.0211. The summed E-state index contributed by atoms with van der Waals surface area (Å²) in [6.45, 7) is 0.122. The number of aromatic nitrogens is 6. The predicted molar refractivity (Wildman–Crippen MR) is 433 cm³/mol. The van der Waals surface area contributed by atoms with Gasteiger partial charge in [-0.15, -0.1) is 0 Å². The van der Waals surface area contributed by atoms with Crippen molar-refractivity contribution in [1.29, 1.82) is 0 Å². The lowest BCUT2D eigenvalue weighted by Gasteiger charge is -2.44. The van der Waals surface area contributed by atoms with Crippen molar-refractivity contribution in [3.63, 3.8) is 0 Å². The van der Waals surface area contributed by atoms with E-state index in [1.807, 2.05) is 170 Å². The summed E-state index contributed by atoms with van der Waals surface area (Å²) >= 11 is 0. The molecule has 0 unspecified atom stereocenters. The lowest BCUT2D eigenvalue weighted by Crippen LogP contribution is -2.61. The lowest BCUT2D eigenvalue weighted by molar-refractivity contribution is 0.0464. The van der Waals surface area contributed by atoms with Gasteiger partial charge in [0, 0.05) is 78.3 Å². The molecule has 2 aliphatic heterocycles. The summed E-state index contributed by atoms with van der Waals surface area (Å²) in [6.07, 6.45) is 0. The number of benzene rings is 14. The molecule has 14 aromatic carbocycles. The third-order valence-corrected chi connectivity index (χ3v) is 20.3. The third-order valence-electron chi connectivity index (χ3n) is 20.3. The van der Waals surface area contributed by atoms with Crippen molar-refractivity contribution in [2.45, 2.75) is 13.2 Å². The summed E-state index contributed by atoms with van der Waals surface area (Å²) < 4.78 is 14.1. The van der Waals surface area contributed by atoms with Crippen LogP contribution in [0.1, 0.15) is 31.8 Å². The van der Waals surface area contributed by atoms with E-state index in [1.54, 1.807) is 12.1 Å². The highest BCUT2D eigenvalue weighted by Gasteiger charge is 2.43. The van der Waals surface area contributed by atoms with Crippen LogP contribution >= 0.6 is 0 Å². The van der Waals surface area contributed by atoms with Crippen LogP contribution in [0.5, 0.6) is 0 Å². The number of esters is 2. The van der Waals surface area contributed by atoms with Crippen LogP contribution in [0, 0.1) is 0 Å².